The van der Waals surface area contributed by atoms with Crippen molar-refractivity contribution in [1.82, 2.24) is 20.2 Å². The lowest BCUT2D eigenvalue weighted by Gasteiger charge is -2.17. The molecule has 0 saturated carbocycles. The van der Waals surface area contributed by atoms with Gasteiger partial charge in [-0.3, -0.25) is 4.57 Å². The smallest absolute Gasteiger partial charge is 0.137 e. The number of para-hydroxylation sites is 1. The number of nitrogens with zero attached hydrogens (tertiary/aromatic N) is 5. The maximum Gasteiger partial charge on any atom is 0.137 e. The van der Waals surface area contributed by atoms with Crippen molar-refractivity contribution in [3.05, 3.63) is 91.1 Å². The molecule has 32 heavy (non-hydrogen) atoms. The van der Waals surface area contributed by atoms with Crippen molar-refractivity contribution < 1.29 is 4.74 Å². The Bertz CT molecular complexity index is 1460. The van der Waals surface area contributed by atoms with Crippen LogP contribution in [0.4, 0.5) is 5.69 Å². The molecule has 0 amide bonds. The first-order chi connectivity index (χ1) is 15.8. The minimum absolute atomic E-state index is 0.743. The molecule has 7 nitrogen and oxygen atoms in total. The number of hydrogen-bond donors (Lipinski definition) is 1. The number of aromatic nitrogens is 2. The van der Waals surface area contributed by atoms with Crippen molar-refractivity contribution in [2.45, 2.75) is 0 Å². The lowest BCUT2D eigenvalue weighted by molar-refractivity contribution is 0.279. The first-order valence-corrected chi connectivity index (χ1v) is 10.3. The van der Waals surface area contributed by atoms with Crippen molar-refractivity contribution in [3.63, 3.8) is 0 Å². The summed E-state index contributed by atoms with van der Waals surface area (Å²) in [6, 6.07) is 28.4. The topological polar surface area (TPSA) is 57.9 Å². The molecule has 0 saturated heterocycles. The van der Waals surface area contributed by atoms with Gasteiger partial charge in [-0.25, -0.2) is 15.1 Å². The molecule has 0 radical (unpaired) electrons. The molecular weight excluding hydrogens is 400 g/mol. The third-order valence-corrected chi connectivity index (χ3v) is 5.45. The quantitative estimate of drug-likeness (QED) is 0.439. The first kappa shape index (κ1) is 18.4. The van der Waals surface area contributed by atoms with Crippen molar-refractivity contribution in [2.75, 3.05) is 12.1 Å². The SMILES string of the molecule is CN1N=CN(c2cccc(Oc3ccc4c5ccccc5n(-c5ccccn5)c4c3)c2)N1. The molecule has 0 aliphatic carbocycles. The molecule has 2 aromatic heterocycles. The molecule has 1 N–H and O–H groups in total. The molecule has 5 aromatic rings. The van der Waals surface area contributed by atoms with Crippen LogP contribution in [-0.4, -0.2) is 28.1 Å². The van der Waals surface area contributed by atoms with Crippen LogP contribution in [0.15, 0.2) is 96.2 Å². The Balaban J connectivity index is 1.43. The summed E-state index contributed by atoms with van der Waals surface area (Å²) in [6.45, 7) is 0. The second kappa shape index (κ2) is 7.40. The Hall–Kier alpha value is -4.36. The zero-order valence-electron chi connectivity index (χ0n) is 17.4. The van der Waals surface area contributed by atoms with Gasteiger partial charge in [0.2, 0.25) is 0 Å². The third-order valence-electron chi connectivity index (χ3n) is 5.45. The van der Waals surface area contributed by atoms with Gasteiger partial charge in [-0.1, -0.05) is 30.3 Å². The van der Waals surface area contributed by atoms with E-state index in [1.165, 1.54) is 5.39 Å². The lowest BCUT2D eigenvalue weighted by atomic mass is 10.1. The molecule has 0 atom stereocenters. The van der Waals surface area contributed by atoms with Crippen LogP contribution in [0, 0.1) is 0 Å². The molecule has 0 fully saturated rings. The molecule has 156 valence electrons. The van der Waals surface area contributed by atoms with Crippen molar-refractivity contribution in [2.24, 2.45) is 5.10 Å². The van der Waals surface area contributed by atoms with E-state index in [0.717, 1.165) is 39.4 Å². The highest BCUT2D eigenvalue weighted by molar-refractivity contribution is 6.09. The van der Waals surface area contributed by atoms with Gasteiger partial charge in [0.25, 0.3) is 0 Å². The van der Waals surface area contributed by atoms with Gasteiger partial charge in [-0.2, -0.15) is 0 Å². The summed E-state index contributed by atoms with van der Waals surface area (Å²) in [6.07, 6.45) is 3.53. The van der Waals surface area contributed by atoms with Gasteiger partial charge in [0.15, 0.2) is 0 Å². The highest BCUT2D eigenvalue weighted by atomic mass is 16.5. The fraction of sp³-hybridized carbons (Fsp3) is 0.0400. The van der Waals surface area contributed by atoms with E-state index in [1.54, 1.807) is 11.5 Å². The molecule has 0 unspecified atom stereocenters. The number of rotatable bonds is 4. The standard InChI is InChI=1S/C25H20N6O/c1-29-27-17-30(28-29)18-7-6-8-19(15-18)32-20-12-13-22-21-9-2-3-10-23(21)31(24(22)16-20)25-11-4-5-14-26-25/h2-17,28H,1H3. The average molecular weight is 420 g/mol. The van der Waals surface area contributed by atoms with Gasteiger partial charge in [0.1, 0.15) is 23.7 Å². The van der Waals surface area contributed by atoms with E-state index in [0.29, 0.717) is 0 Å². The molecule has 1 aliphatic rings. The van der Waals surface area contributed by atoms with E-state index < -0.39 is 0 Å². The van der Waals surface area contributed by atoms with Gasteiger partial charge in [-0.15, -0.1) is 10.6 Å². The summed E-state index contributed by atoms with van der Waals surface area (Å²) >= 11 is 0. The molecule has 3 heterocycles. The summed E-state index contributed by atoms with van der Waals surface area (Å²) in [5, 5.41) is 9.99. The van der Waals surface area contributed by atoms with E-state index >= 15 is 0 Å². The Morgan fingerprint density at radius 3 is 2.47 bits per heavy atom. The van der Waals surface area contributed by atoms with E-state index in [4.69, 9.17) is 4.74 Å². The van der Waals surface area contributed by atoms with E-state index in [2.05, 4.69) is 56.6 Å². The van der Waals surface area contributed by atoms with Crippen LogP contribution in [0.5, 0.6) is 11.5 Å². The molecule has 6 rings (SSSR count). The van der Waals surface area contributed by atoms with E-state index in [1.807, 2.05) is 66.8 Å². The first-order valence-electron chi connectivity index (χ1n) is 10.3. The Labute approximate surface area is 184 Å². The average Bonchev–Trinajstić information content (AvgIpc) is 3.41. The van der Waals surface area contributed by atoms with Gasteiger partial charge in [-0.05, 0) is 42.5 Å². The van der Waals surface area contributed by atoms with Gasteiger partial charge >= 0.3 is 0 Å². The number of pyridine rings is 1. The minimum Gasteiger partial charge on any atom is -0.457 e. The zero-order valence-corrected chi connectivity index (χ0v) is 17.4. The summed E-state index contributed by atoms with van der Waals surface area (Å²) in [5.74, 6) is 2.38. The van der Waals surface area contributed by atoms with Crippen LogP contribution in [-0.2, 0) is 0 Å². The van der Waals surface area contributed by atoms with Crippen molar-refractivity contribution >= 4 is 33.8 Å². The van der Waals surface area contributed by atoms with Gasteiger partial charge in [0.05, 0.1) is 16.7 Å². The largest absolute Gasteiger partial charge is 0.457 e. The fourth-order valence-electron chi connectivity index (χ4n) is 4.04. The Morgan fingerprint density at radius 1 is 0.781 bits per heavy atom. The second-order valence-electron chi connectivity index (χ2n) is 7.54. The predicted molar refractivity (Wildman–Crippen MR) is 127 cm³/mol. The number of anilines is 1. The maximum atomic E-state index is 6.25. The predicted octanol–water partition coefficient (Wildman–Crippen LogP) is 5.09. The van der Waals surface area contributed by atoms with Crippen LogP contribution in [0.1, 0.15) is 0 Å². The Morgan fingerprint density at radius 2 is 1.62 bits per heavy atom. The summed E-state index contributed by atoms with van der Waals surface area (Å²) in [4.78, 5) is 4.59. The van der Waals surface area contributed by atoms with E-state index in [9.17, 15) is 0 Å². The third kappa shape index (κ3) is 3.12. The number of hydrogen-bond acceptors (Lipinski definition) is 6. The number of nitrogens with one attached hydrogen (secondary N) is 1. The Kier molecular flexibility index (Phi) is 4.26. The van der Waals surface area contributed by atoms with Crippen LogP contribution in [0.3, 0.4) is 0 Å². The van der Waals surface area contributed by atoms with Crippen LogP contribution in [0.25, 0.3) is 27.6 Å². The highest BCUT2D eigenvalue weighted by Crippen LogP contribution is 2.35. The molecule has 0 spiro atoms. The second-order valence-corrected chi connectivity index (χ2v) is 7.54. The molecule has 1 aliphatic heterocycles. The van der Waals surface area contributed by atoms with Crippen molar-refractivity contribution in [1.29, 1.82) is 0 Å². The fourth-order valence-corrected chi connectivity index (χ4v) is 4.04. The molecule has 0 bridgehead atoms. The lowest BCUT2D eigenvalue weighted by Crippen LogP contribution is -2.38. The number of benzene rings is 3. The molecular formula is C25H20N6O. The minimum atomic E-state index is 0.743. The summed E-state index contributed by atoms with van der Waals surface area (Å²) in [7, 11) is 1.84. The number of fused-ring (bicyclic) bond motifs is 3. The summed E-state index contributed by atoms with van der Waals surface area (Å²) < 4.78 is 8.43. The number of ether oxygens (including phenoxy) is 1. The highest BCUT2D eigenvalue weighted by Gasteiger charge is 2.15. The van der Waals surface area contributed by atoms with Crippen LogP contribution >= 0.6 is 0 Å². The normalized spacial score (nSPS) is 13.4. The van der Waals surface area contributed by atoms with Crippen LogP contribution < -0.4 is 15.3 Å². The monoisotopic (exact) mass is 420 g/mol. The van der Waals surface area contributed by atoms with Crippen molar-refractivity contribution in [3.8, 4) is 17.3 Å². The van der Waals surface area contributed by atoms with Crippen LogP contribution in [0.2, 0.25) is 0 Å². The van der Waals surface area contributed by atoms with Gasteiger partial charge < -0.3 is 4.74 Å². The van der Waals surface area contributed by atoms with Gasteiger partial charge in [0, 0.05) is 36.1 Å². The zero-order chi connectivity index (χ0) is 21.5. The van der Waals surface area contributed by atoms with E-state index in [-0.39, 0.29) is 0 Å². The molecule has 7 heteroatoms. The summed E-state index contributed by atoms with van der Waals surface area (Å²) in [5.41, 5.74) is 6.20. The number of hydrazone groups is 1. The number of hydrazine groups is 2. The maximum absolute atomic E-state index is 6.25. The molecule has 3 aromatic carbocycles.